The van der Waals surface area contributed by atoms with Gasteiger partial charge in [-0.2, -0.15) is 0 Å². The van der Waals surface area contributed by atoms with Gasteiger partial charge in [-0.25, -0.2) is 0 Å². The molecule has 0 radical (unpaired) electrons. The van der Waals surface area contributed by atoms with Crippen molar-refractivity contribution in [2.45, 2.75) is 0 Å². The topological polar surface area (TPSA) is 9.23 Å². The first-order valence-corrected chi connectivity index (χ1v) is 0.816. The summed E-state index contributed by atoms with van der Waals surface area (Å²) < 4.78 is 4.25. The first kappa shape index (κ1) is 52.2. The average Bonchev–Trinajstić information content (AvgIpc) is 0.918. The summed E-state index contributed by atoms with van der Waals surface area (Å²) in [5, 5.41) is 0. The molecule has 0 amide bonds. The van der Waals surface area contributed by atoms with Crippen LogP contribution in [0.15, 0.2) is 0 Å². The minimum absolute atomic E-state index is 0. The van der Waals surface area contributed by atoms with E-state index in [1.807, 2.05) is 0 Å². The van der Waals surface area contributed by atoms with Gasteiger partial charge in [0.1, 0.15) is 0 Å². The van der Waals surface area contributed by atoms with E-state index in [2.05, 4.69) is 4.74 Å². The van der Waals surface area contributed by atoms with Gasteiger partial charge in [-0.15, -0.1) is 0 Å². The normalized spacial score (nSPS) is 2.25. The Hall–Kier alpha value is 1.83. The minimum Gasteiger partial charge on any atom is -1.00 e. The summed E-state index contributed by atoms with van der Waals surface area (Å²) in [5.41, 5.74) is 0. The largest absolute Gasteiger partial charge is 4.00 e. The molecule has 0 aromatic heterocycles. The molecule has 0 bridgehead atoms. The summed E-state index contributed by atoms with van der Waals surface area (Å²) in [6.45, 7) is 0. The molecular weight excluding hydrogens is 230 g/mol. The van der Waals surface area contributed by atoms with Crippen molar-refractivity contribution in [2.24, 2.45) is 0 Å². The van der Waals surface area contributed by atoms with Gasteiger partial charge in [0, 0.05) is 14.2 Å². The van der Waals surface area contributed by atoms with E-state index < -0.39 is 0 Å². The predicted molar refractivity (Wildman–Crippen MR) is 12.9 cm³/mol. The molecule has 0 aromatic rings. The molecule has 0 spiro atoms. The molecule has 0 rings (SSSR count). The van der Waals surface area contributed by atoms with Gasteiger partial charge in [0.25, 0.3) is 0 Å². The summed E-state index contributed by atoms with van der Waals surface area (Å²) in [7, 11) is 3.25. The number of rotatable bonds is 0. The van der Waals surface area contributed by atoms with Crippen molar-refractivity contribution in [3.8, 4) is 0 Å². The van der Waals surface area contributed by atoms with Crippen LogP contribution in [-0.4, -0.2) is 14.2 Å². The van der Waals surface area contributed by atoms with Crippen LogP contribution >= 0.6 is 0 Å². The Labute approximate surface area is 89.8 Å². The van der Waals surface area contributed by atoms with Crippen molar-refractivity contribution in [1.82, 2.24) is 0 Å². The summed E-state index contributed by atoms with van der Waals surface area (Å²) in [6, 6.07) is 0. The Morgan fingerprint density at radius 3 is 0.750 bits per heavy atom. The summed E-state index contributed by atoms with van der Waals surface area (Å²) in [6.07, 6.45) is 0. The SMILES string of the molecule is COC.[Cl-].[Cl-].[Cl-].[Cl-].[Ti+4]. The van der Waals surface area contributed by atoms with Crippen LogP contribution in [0.25, 0.3) is 0 Å². The zero-order chi connectivity index (χ0) is 2.71. The third-order valence-corrected chi connectivity index (χ3v) is 0. The van der Waals surface area contributed by atoms with Crippen LogP contribution in [0.5, 0.6) is 0 Å². The maximum atomic E-state index is 4.25. The molecule has 0 saturated carbocycles. The summed E-state index contributed by atoms with van der Waals surface area (Å²) in [5.74, 6) is 0. The van der Waals surface area contributed by atoms with Crippen molar-refractivity contribution in [2.75, 3.05) is 14.2 Å². The van der Waals surface area contributed by atoms with Gasteiger partial charge in [-0.05, 0) is 0 Å². The van der Waals surface area contributed by atoms with Crippen LogP contribution in [0.4, 0.5) is 0 Å². The van der Waals surface area contributed by atoms with Crippen LogP contribution in [0.3, 0.4) is 0 Å². The van der Waals surface area contributed by atoms with Crippen LogP contribution in [0.1, 0.15) is 0 Å². The number of hydrogen-bond acceptors (Lipinski definition) is 1. The molecule has 0 fully saturated rings. The van der Waals surface area contributed by atoms with Gasteiger partial charge < -0.3 is 54.4 Å². The minimum atomic E-state index is 0. The predicted octanol–water partition coefficient (Wildman–Crippen LogP) is -11.7. The van der Waals surface area contributed by atoms with Gasteiger partial charge in [0.05, 0.1) is 0 Å². The van der Waals surface area contributed by atoms with Gasteiger partial charge in [-0.1, -0.05) is 0 Å². The Balaban J connectivity index is -0.00000000200. The molecule has 0 unspecified atom stereocenters. The molecule has 0 aliphatic rings. The van der Waals surface area contributed by atoms with Gasteiger partial charge >= 0.3 is 21.7 Å². The Kier molecular flexibility index (Phi) is 440. The fraction of sp³-hybridized carbons (Fsp3) is 1.00. The van der Waals surface area contributed by atoms with Crippen LogP contribution in [-0.2, 0) is 26.5 Å². The fourth-order valence-electron chi connectivity index (χ4n) is 0. The first-order valence-electron chi connectivity index (χ1n) is 0.816. The van der Waals surface area contributed by atoms with Crippen molar-refractivity contribution < 1.29 is 76.1 Å². The zero-order valence-electron chi connectivity index (χ0n) is 4.42. The average molecular weight is 236 g/mol. The number of ether oxygens (including phenoxy) is 1. The van der Waals surface area contributed by atoms with E-state index in [0.29, 0.717) is 0 Å². The van der Waals surface area contributed by atoms with E-state index in [1.165, 1.54) is 0 Å². The molecule has 0 aliphatic carbocycles. The number of methoxy groups -OCH3 is 1. The van der Waals surface area contributed by atoms with Crippen molar-refractivity contribution in [3.63, 3.8) is 0 Å². The third kappa shape index (κ3) is 109. The molecule has 0 saturated heterocycles. The molecule has 0 aliphatic heterocycles. The zero-order valence-corrected chi connectivity index (χ0v) is 9.01. The standard InChI is InChI=1S/C2H6O.4ClH.Ti/c1-3-2;;;;;/h1-2H3;4*1H;/q;;;;;+4/p-4. The maximum absolute atomic E-state index is 4.25. The molecule has 8 heavy (non-hydrogen) atoms. The number of hydrogen-bond donors (Lipinski definition) is 0. The van der Waals surface area contributed by atoms with Crippen LogP contribution < -0.4 is 49.6 Å². The van der Waals surface area contributed by atoms with Crippen molar-refractivity contribution in [1.29, 1.82) is 0 Å². The molecule has 0 heterocycles. The molecular formula is C2H6Cl4OTi. The monoisotopic (exact) mass is 234 g/mol. The van der Waals surface area contributed by atoms with Gasteiger partial charge in [0.15, 0.2) is 0 Å². The van der Waals surface area contributed by atoms with Crippen molar-refractivity contribution in [3.05, 3.63) is 0 Å². The summed E-state index contributed by atoms with van der Waals surface area (Å²) >= 11 is 0. The van der Waals surface area contributed by atoms with E-state index in [0.717, 1.165) is 0 Å². The molecule has 6 heteroatoms. The molecule has 52 valence electrons. The molecule has 0 aromatic carbocycles. The Morgan fingerprint density at radius 1 is 0.750 bits per heavy atom. The smallest absolute Gasteiger partial charge is 1.00 e. The maximum Gasteiger partial charge on any atom is 4.00 e. The van der Waals surface area contributed by atoms with Crippen molar-refractivity contribution >= 4 is 0 Å². The van der Waals surface area contributed by atoms with E-state index in [-0.39, 0.29) is 71.3 Å². The second-order valence-electron chi connectivity index (χ2n) is 0.408. The van der Waals surface area contributed by atoms with E-state index in [9.17, 15) is 0 Å². The van der Waals surface area contributed by atoms with E-state index in [1.54, 1.807) is 14.2 Å². The Bertz CT molecular complexity index is 14.0. The summed E-state index contributed by atoms with van der Waals surface area (Å²) in [4.78, 5) is 0. The fourth-order valence-corrected chi connectivity index (χ4v) is 0. The first-order chi connectivity index (χ1) is 1.41. The van der Waals surface area contributed by atoms with E-state index >= 15 is 0 Å². The van der Waals surface area contributed by atoms with Gasteiger partial charge in [-0.3, -0.25) is 0 Å². The second-order valence-corrected chi connectivity index (χ2v) is 0.408. The molecule has 1 nitrogen and oxygen atoms in total. The Morgan fingerprint density at radius 2 is 0.750 bits per heavy atom. The van der Waals surface area contributed by atoms with Gasteiger partial charge in [0.2, 0.25) is 0 Å². The quantitative estimate of drug-likeness (QED) is 0.379. The third-order valence-electron chi connectivity index (χ3n) is 0. The van der Waals surface area contributed by atoms with E-state index in [4.69, 9.17) is 0 Å². The molecule has 0 N–H and O–H groups in total. The van der Waals surface area contributed by atoms with Crippen LogP contribution in [0.2, 0.25) is 0 Å². The van der Waals surface area contributed by atoms with Crippen LogP contribution in [0, 0.1) is 0 Å². The molecule has 0 atom stereocenters. The second kappa shape index (κ2) is 67.5. The number of halogens is 4.